The first kappa shape index (κ1) is 22.9. The van der Waals surface area contributed by atoms with Crippen LogP contribution in [0.15, 0.2) is 89.9 Å². The predicted molar refractivity (Wildman–Crippen MR) is 120 cm³/mol. The minimum atomic E-state index is -5.15. The van der Waals surface area contributed by atoms with Crippen molar-refractivity contribution in [1.82, 2.24) is 5.06 Å². The third kappa shape index (κ3) is 4.88. The van der Waals surface area contributed by atoms with Gasteiger partial charge in [-0.05, 0) is 28.8 Å². The van der Waals surface area contributed by atoms with E-state index >= 15 is 0 Å². The van der Waals surface area contributed by atoms with E-state index in [1.807, 2.05) is 30.3 Å². The highest BCUT2D eigenvalue weighted by Gasteiger charge is 2.48. The number of halogens is 4. The molecule has 0 spiro atoms. The Hall–Kier alpha value is -3.32. The molecule has 3 unspecified atom stereocenters. The first-order valence-electron chi connectivity index (χ1n) is 10.3. The summed E-state index contributed by atoms with van der Waals surface area (Å²) >= 11 is 6.00. The molecule has 0 fully saturated rings. The van der Waals surface area contributed by atoms with E-state index in [9.17, 15) is 18.0 Å². The summed E-state index contributed by atoms with van der Waals surface area (Å²) in [7, 11) is 0. The van der Waals surface area contributed by atoms with Gasteiger partial charge in [-0.2, -0.15) is 18.2 Å². The molecule has 1 aliphatic rings. The van der Waals surface area contributed by atoms with Crippen LogP contribution in [-0.4, -0.2) is 23.0 Å². The monoisotopic (exact) mass is 472 g/mol. The molecular weight excluding hydrogens is 453 g/mol. The van der Waals surface area contributed by atoms with Crippen molar-refractivity contribution in [3.63, 3.8) is 0 Å². The number of nitrogens with zero attached hydrogens (tertiary/aromatic N) is 2. The molecule has 33 heavy (non-hydrogen) atoms. The highest BCUT2D eigenvalue weighted by Crippen LogP contribution is 2.45. The lowest BCUT2D eigenvalue weighted by molar-refractivity contribution is -0.230. The average molecular weight is 473 g/mol. The number of alkyl halides is 3. The summed E-state index contributed by atoms with van der Waals surface area (Å²) in [5.74, 6) is -2.55. The molecule has 4 rings (SSSR count). The first-order chi connectivity index (χ1) is 15.8. The van der Waals surface area contributed by atoms with E-state index in [0.717, 1.165) is 16.2 Å². The van der Waals surface area contributed by atoms with Crippen molar-refractivity contribution in [2.45, 2.75) is 31.1 Å². The van der Waals surface area contributed by atoms with Gasteiger partial charge in [0.05, 0.1) is 0 Å². The van der Waals surface area contributed by atoms with Gasteiger partial charge in [0.2, 0.25) is 0 Å². The second-order valence-electron chi connectivity index (χ2n) is 7.67. The van der Waals surface area contributed by atoms with Crippen LogP contribution in [-0.2, 0) is 9.63 Å². The van der Waals surface area contributed by atoms with Gasteiger partial charge in [0, 0.05) is 10.9 Å². The van der Waals surface area contributed by atoms with Gasteiger partial charge in [0.15, 0.2) is 0 Å². The highest BCUT2D eigenvalue weighted by atomic mass is 35.5. The summed E-state index contributed by atoms with van der Waals surface area (Å²) in [5.41, 5.74) is 2.23. The molecule has 3 aromatic carbocycles. The van der Waals surface area contributed by atoms with Gasteiger partial charge in [0.1, 0.15) is 17.9 Å². The van der Waals surface area contributed by atoms with Crippen LogP contribution in [0.1, 0.15) is 41.6 Å². The van der Waals surface area contributed by atoms with E-state index in [4.69, 9.17) is 21.4 Å². The predicted octanol–water partition coefficient (Wildman–Crippen LogP) is 6.66. The van der Waals surface area contributed by atoms with Gasteiger partial charge in [-0.25, -0.2) is 4.79 Å². The van der Waals surface area contributed by atoms with E-state index in [1.54, 1.807) is 61.5 Å². The van der Waals surface area contributed by atoms with Crippen LogP contribution >= 0.6 is 11.6 Å². The Morgan fingerprint density at radius 1 is 0.939 bits per heavy atom. The Labute approximate surface area is 194 Å². The van der Waals surface area contributed by atoms with Gasteiger partial charge in [-0.15, -0.1) is 0 Å². The number of carbonyl (C=O) groups excluding carboxylic acids is 1. The smallest absolute Gasteiger partial charge is 0.330 e. The Kier molecular flexibility index (Phi) is 6.42. The van der Waals surface area contributed by atoms with Crippen molar-refractivity contribution in [2.75, 3.05) is 0 Å². The summed E-state index contributed by atoms with van der Waals surface area (Å²) in [5, 5.41) is 1.55. The second kappa shape index (κ2) is 9.27. The third-order valence-corrected chi connectivity index (χ3v) is 5.75. The van der Waals surface area contributed by atoms with Gasteiger partial charge in [-0.3, -0.25) is 4.99 Å². The molecule has 3 aromatic rings. The van der Waals surface area contributed by atoms with Crippen molar-refractivity contribution >= 4 is 23.4 Å². The van der Waals surface area contributed by atoms with Crippen LogP contribution in [0.3, 0.4) is 0 Å². The van der Waals surface area contributed by atoms with Crippen LogP contribution in [0.4, 0.5) is 13.2 Å². The molecule has 0 saturated carbocycles. The van der Waals surface area contributed by atoms with Crippen molar-refractivity contribution in [1.29, 1.82) is 0 Å². The van der Waals surface area contributed by atoms with Crippen LogP contribution in [0.2, 0.25) is 5.02 Å². The van der Waals surface area contributed by atoms with Gasteiger partial charge in [-0.1, -0.05) is 91.3 Å². The van der Waals surface area contributed by atoms with Crippen LogP contribution in [0.25, 0.3) is 0 Å². The summed E-state index contributed by atoms with van der Waals surface area (Å²) in [4.78, 5) is 21.7. The van der Waals surface area contributed by atoms with Crippen molar-refractivity contribution in [2.24, 2.45) is 4.99 Å². The zero-order chi connectivity index (χ0) is 23.6. The molecule has 0 amide bonds. The van der Waals surface area contributed by atoms with E-state index < -0.39 is 30.1 Å². The Bertz CT molecular complexity index is 1140. The number of hydrogen-bond acceptors (Lipinski definition) is 4. The molecule has 8 heteroatoms. The molecule has 0 aliphatic carbocycles. The molecule has 0 bridgehead atoms. The summed E-state index contributed by atoms with van der Waals surface area (Å²) in [6.07, 6.45) is -5.15. The molecule has 0 N–H and O–H groups in total. The van der Waals surface area contributed by atoms with E-state index in [1.165, 1.54) is 0 Å². The molecule has 0 aromatic heterocycles. The van der Waals surface area contributed by atoms with Gasteiger partial charge >= 0.3 is 12.1 Å². The number of rotatable bonds is 5. The van der Waals surface area contributed by atoms with E-state index in [2.05, 4.69) is 0 Å². The Balaban J connectivity index is 1.83. The maximum absolute atomic E-state index is 13.2. The molecule has 1 aliphatic heterocycles. The minimum Gasteiger partial charge on any atom is -0.330 e. The minimum absolute atomic E-state index is 0.220. The summed E-state index contributed by atoms with van der Waals surface area (Å²) in [6, 6.07) is 23.7. The molecule has 170 valence electrons. The molecule has 3 atom stereocenters. The number of hydroxylamine groups is 2. The summed E-state index contributed by atoms with van der Waals surface area (Å²) in [6.45, 7) is 1.80. The molecule has 0 saturated heterocycles. The fourth-order valence-corrected chi connectivity index (χ4v) is 3.99. The average Bonchev–Trinajstić information content (AvgIpc) is 3.18. The zero-order valence-corrected chi connectivity index (χ0v) is 18.3. The number of hydrogen-bond donors (Lipinski definition) is 0. The lowest BCUT2D eigenvalue weighted by atomic mass is 9.94. The van der Waals surface area contributed by atoms with E-state index in [-0.39, 0.29) is 5.84 Å². The van der Waals surface area contributed by atoms with Crippen LogP contribution in [0, 0.1) is 0 Å². The second-order valence-corrected chi connectivity index (χ2v) is 8.11. The van der Waals surface area contributed by atoms with Crippen LogP contribution < -0.4 is 0 Å². The number of amidine groups is 1. The van der Waals surface area contributed by atoms with E-state index in [0.29, 0.717) is 10.6 Å². The molecule has 4 nitrogen and oxygen atoms in total. The number of aliphatic imine (C=N–C) groups is 1. The topological polar surface area (TPSA) is 41.9 Å². The molecule has 1 heterocycles. The van der Waals surface area contributed by atoms with Gasteiger partial charge in [0.25, 0.3) is 0 Å². The lowest BCUT2D eigenvalue weighted by Gasteiger charge is -2.31. The third-order valence-electron chi connectivity index (χ3n) is 5.50. The SMILES string of the molecule is CC(C1=NC(c2ccccc2)C(c2ccccc2)N1OC(=O)C(F)(F)F)c1ccc(Cl)cc1. The fraction of sp³-hybridized carbons (Fsp3) is 0.200. The van der Waals surface area contributed by atoms with Crippen molar-refractivity contribution in [3.8, 4) is 0 Å². The normalized spacial score (nSPS) is 19.2. The maximum Gasteiger partial charge on any atom is 0.493 e. The number of carbonyl (C=O) groups is 1. The Morgan fingerprint density at radius 2 is 1.48 bits per heavy atom. The van der Waals surface area contributed by atoms with Crippen LogP contribution in [0.5, 0.6) is 0 Å². The molecular formula is C25H20ClF3N2O2. The zero-order valence-electron chi connectivity index (χ0n) is 17.5. The fourth-order valence-electron chi connectivity index (χ4n) is 3.86. The largest absolute Gasteiger partial charge is 0.493 e. The Morgan fingerprint density at radius 3 is 2.03 bits per heavy atom. The van der Waals surface area contributed by atoms with Crippen molar-refractivity contribution in [3.05, 3.63) is 107 Å². The quantitative estimate of drug-likeness (QED) is 0.417. The molecule has 0 radical (unpaired) electrons. The highest BCUT2D eigenvalue weighted by molar-refractivity contribution is 6.30. The standard InChI is InChI=1S/C25H20ClF3N2O2/c1-16(17-12-14-20(26)15-13-17)23-30-21(18-8-4-2-5-9-18)22(19-10-6-3-7-11-19)31(23)33-24(32)25(27,28)29/h2-16,21-22H,1H3. The van der Waals surface area contributed by atoms with Crippen molar-refractivity contribution < 1.29 is 22.8 Å². The maximum atomic E-state index is 13.2. The van der Waals surface area contributed by atoms with Gasteiger partial charge < -0.3 is 4.84 Å². The summed E-state index contributed by atoms with van der Waals surface area (Å²) < 4.78 is 39.6. The first-order valence-corrected chi connectivity index (χ1v) is 10.6. The number of benzene rings is 3. The lowest BCUT2D eigenvalue weighted by Crippen LogP contribution is -2.40.